The maximum absolute atomic E-state index is 12.2. The number of thioether (sulfide) groups is 1. The molecule has 0 bridgehead atoms. The fraction of sp³-hybridized carbons (Fsp3) is 0.344. The summed E-state index contributed by atoms with van der Waals surface area (Å²) in [5, 5.41) is 33.6. The molecule has 4 aromatic rings. The molecule has 0 saturated carbocycles. The lowest BCUT2D eigenvalue weighted by molar-refractivity contribution is -0.245. The predicted octanol–water partition coefficient (Wildman–Crippen LogP) is 4.58. The summed E-state index contributed by atoms with van der Waals surface area (Å²) in [7, 11) is 1.80. The number of aliphatic hydroxyl groups is 1. The predicted molar refractivity (Wildman–Crippen MR) is 163 cm³/mol. The van der Waals surface area contributed by atoms with Crippen LogP contribution in [0.15, 0.2) is 78.0 Å². The first kappa shape index (κ1) is 31.3. The van der Waals surface area contributed by atoms with Crippen molar-refractivity contribution in [1.29, 1.82) is 0 Å². The number of ether oxygens (including phenoxy) is 2. The molecule has 0 radical (unpaired) electrons. The Kier molecular flexibility index (Phi) is 10.7. The van der Waals surface area contributed by atoms with Gasteiger partial charge in [0.25, 0.3) is 0 Å². The minimum Gasteiger partial charge on any atom is -0.481 e. The van der Waals surface area contributed by atoms with E-state index in [1.54, 1.807) is 11.7 Å². The van der Waals surface area contributed by atoms with E-state index < -0.39 is 12.3 Å². The van der Waals surface area contributed by atoms with Gasteiger partial charge in [0.15, 0.2) is 6.29 Å². The number of hydrogen-bond donors (Lipinski definition) is 3. The number of carbonyl (C=O) groups excluding carboxylic acids is 1. The Balaban J connectivity index is 1.29. The van der Waals surface area contributed by atoms with Crippen LogP contribution in [0.3, 0.4) is 0 Å². The Morgan fingerprint density at radius 3 is 2.45 bits per heavy atom. The molecular formula is C32H35N5O6S. The highest BCUT2D eigenvalue weighted by molar-refractivity contribution is 7.99. The first-order chi connectivity index (χ1) is 21.4. The quantitative estimate of drug-likeness (QED) is 0.182. The number of aryl methyl sites for hydroxylation is 1. The minimum atomic E-state index is -0.906. The number of aliphatic carboxylic acids is 1. The van der Waals surface area contributed by atoms with Crippen LogP contribution in [0.1, 0.15) is 60.3 Å². The molecule has 3 unspecified atom stereocenters. The van der Waals surface area contributed by atoms with E-state index in [-0.39, 0.29) is 37.6 Å². The van der Waals surface area contributed by atoms with Crippen molar-refractivity contribution in [2.24, 2.45) is 7.05 Å². The molecule has 1 saturated heterocycles. The molecule has 1 aromatic heterocycles. The summed E-state index contributed by atoms with van der Waals surface area (Å²) in [6.45, 7) is 0.326. The topological polar surface area (TPSA) is 149 Å². The first-order valence-corrected chi connectivity index (χ1v) is 15.4. The average Bonchev–Trinajstić information content (AvgIpc) is 3.47. The van der Waals surface area contributed by atoms with E-state index in [9.17, 15) is 14.7 Å². The molecule has 5 rings (SSSR count). The van der Waals surface area contributed by atoms with Crippen LogP contribution in [-0.2, 0) is 39.3 Å². The number of hydrogen-bond acceptors (Lipinski definition) is 9. The number of carboxylic acids is 1. The summed E-state index contributed by atoms with van der Waals surface area (Å²) >= 11 is 1.53. The van der Waals surface area contributed by atoms with E-state index in [1.165, 1.54) is 11.8 Å². The zero-order valence-electron chi connectivity index (χ0n) is 24.3. The normalized spacial score (nSPS) is 18.2. The van der Waals surface area contributed by atoms with Gasteiger partial charge < -0.3 is 25.0 Å². The van der Waals surface area contributed by atoms with Crippen LogP contribution in [-0.4, -0.2) is 54.2 Å². The number of nitrogens with zero attached hydrogens (tertiary/aromatic N) is 4. The summed E-state index contributed by atoms with van der Waals surface area (Å²) in [4.78, 5) is 23.0. The molecule has 3 N–H and O–H groups in total. The van der Waals surface area contributed by atoms with E-state index in [0.29, 0.717) is 30.3 Å². The van der Waals surface area contributed by atoms with Gasteiger partial charge in [-0.3, -0.25) is 9.59 Å². The van der Waals surface area contributed by atoms with Crippen LogP contribution in [0, 0.1) is 0 Å². The number of carbonyl (C=O) groups is 2. The number of tetrazole rings is 1. The Morgan fingerprint density at radius 2 is 1.75 bits per heavy atom. The van der Waals surface area contributed by atoms with E-state index in [2.05, 4.69) is 20.8 Å². The lowest BCUT2D eigenvalue weighted by atomic mass is 9.97. The van der Waals surface area contributed by atoms with E-state index >= 15 is 0 Å². The van der Waals surface area contributed by atoms with Gasteiger partial charge in [0.2, 0.25) is 11.1 Å². The zero-order chi connectivity index (χ0) is 30.9. The third kappa shape index (κ3) is 8.29. The second-order valence-electron chi connectivity index (χ2n) is 10.5. The molecule has 1 aliphatic heterocycles. The molecule has 2 heterocycles. The summed E-state index contributed by atoms with van der Waals surface area (Å²) in [5.41, 5.74) is 5.67. The SMILES string of the molecule is Cn1nnnc1SCC1CC(c2ccc(CO)cc2)OC(c2ccc(-c3ccccc3CNC(=O)CCCC(=O)O)cc2)O1. The van der Waals surface area contributed by atoms with Gasteiger partial charge >= 0.3 is 5.97 Å². The van der Waals surface area contributed by atoms with Crippen molar-refractivity contribution in [2.45, 2.75) is 62.5 Å². The zero-order valence-corrected chi connectivity index (χ0v) is 25.2. The van der Waals surface area contributed by atoms with Gasteiger partial charge in [-0.15, -0.1) is 5.10 Å². The standard InChI is InChI=1S/C32H35N5O6S/c1-37-32(34-35-36-37)44-20-26-17-28(23-11-9-21(19-38)10-12-23)43-31(42-26)24-15-13-22(14-16-24)27-6-3-2-5-25(27)18-33-29(39)7-4-8-30(40)41/h2-3,5-6,9-16,26,28,31,38H,4,7-8,17-20H2,1H3,(H,33,39)(H,40,41). The summed E-state index contributed by atoms with van der Waals surface area (Å²) < 4.78 is 14.6. The van der Waals surface area contributed by atoms with E-state index in [0.717, 1.165) is 33.4 Å². The van der Waals surface area contributed by atoms with Crippen molar-refractivity contribution in [3.63, 3.8) is 0 Å². The Hall–Kier alpha value is -4.10. The number of carboxylic acid groups (broad SMARTS) is 1. The number of benzene rings is 3. The van der Waals surface area contributed by atoms with Gasteiger partial charge in [0.05, 0.1) is 18.8 Å². The third-order valence-electron chi connectivity index (χ3n) is 7.38. The van der Waals surface area contributed by atoms with Gasteiger partial charge in [-0.1, -0.05) is 84.6 Å². The van der Waals surface area contributed by atoms with E-state index in [1.807, 2.05) is 72.8 Å². The Labute approximate surface area is 259 Å². The van der Waals surface area contributed by atoms with Crippen LogP contribution in [0.2, 0.25) is 0 Å². The maximum Gasteiger partial charge on any atom is 0.303 e. The minimum absolute atomic E-state index is 0.0167. The third-order valence-corrected chi connectivity index (χ3v) is 8.52. The molecule has 1 fully saturated rings. The van der Waals surface area contributed by atoms with Gasteiger partial charge in [0.1, 0.15) is 0 Å². The highest BCUT2D eigenvalue weighted by atomic mass is 32.2. The Morgan fingerprint density at radius 1 is 1.00 bits per heavy atom. The second kappa shape index (κ2) is 15.1. The van der Waals surface area contributed by atoms with Crippen LogP contribution in [0.5, 0.6) is 0 Å². The number of amides is 1. The largest absolute Gasteiger partial charge is 0.481 e. The van der Waals surface area contributed by atoms with E-state index in [4.69, 9.17) is 14.6 Å². The summed E-state index contributed by atoms with van der Waals surface area (Å²) in [5.74, 6) is -0.434. The van der Waals surface area contributed by atoms with Crippen molar-refractivity contribution < 1.29 is 29.3 Å². The van der Waals surface area contributed by atoms with Crippen molar-refractivity contribution in [1.82, 2.24) is 25.5 Å². The smallest absolute Gasteiger partial charge is 0.303 e. The Bertz CT molecular complexity index is 1550. The van der Waals surface area contributed by atoms with Crippen molar-refractivity contribution in [3.8, 4) is 11.1 Å². The fourth-order valence-electron chi connectivity index (χ4n) is 4.99. The molecule has 1 aliphatic rings. The summed E-state index contributed by atoms with van der Waals surface area (Å²) in [6.07, 6.45) is 0.180. The first-order valence-electron chi connectivity index (χ1n) is 14.4. The highest BCUT2D eigenvalue weighted by Crippen LogP contribution is 2.39. The van der Waals surface area contributed by atoms with Crippen molar-refractivity contribution in [2.75, 3.05) is 5.75 Å². The van der Waals surface area contributed by atoms with Crippen LogP contribution >= 0.6 is 11.8 Å². The molecule has 3 aromatic carbocycles. The second-order valence-corrected chi connectivity index (χ2v) is 11.5. The lowest BCUT2D eigenvalue weighted by Crippen LogP contribution is -2.31. The monoisotopic (exact) mass is 617 g/mol. The maximum atomic E-state index is 12.2. The van der Waals surface area contributed by atoms with Crippen molar-refractivity contribution >= 4 is 23.6 Å². The van der Waals surface area contributed by atoms with Crippen molar-refractivity contribution in [3.05, 3.63) is 95.1 Å². The molecule has 1 amide bonds. The van der Waals surface area contributed by atoms with Gasteiger partial charge in [-0.05, 0) is 44.7 Å². The molecule has 0 spiro atoms. The van der Waals surface area contributed by atoms with Crippen LogP contribution in [0.4, 0.5) is 0 Å². The van der Waals surface area contributed by atoms with Gasteiger partial charge in [-0.25, -0.2) is 4.68 Å². The molecule has 0 aliphatic carbocycles. The number of aliphatic hydroxyl groups excluding tert-OH is 1. The molecule has 3 atom stereocenters. The van der Waals surface area contributed by atoms with Crippen LogP contribution in [0.25, 0.3) is 11.1 Å². The molecule has 12 heteroatoms. The molecule has 11 nitrogen and oxygen atoms in total. The highest BCUT2D eigenvalue weighted by Gasteiger charge is 2.32. The lowest BCUT2D eigenvalue weighted by Gasteiger charge is -2.36. The molecule has 230 valence electrons. The number of rotatable bonds is 13. The number of nitrogens with one attached hydrogen (secondary N) is 1. The van der Waals surface area contributed by atoms with Gasteiger partial charge in [-0.2, -0.15) is 0 Å². The van der Waals surface area contributed by atoms with Crippen LogP contribution < -0.4 is 5.32 Å². The molecule has 44 heavy (non-hydrogen) atoms. The summed E-state index contributed by atoms with van der Waals surface area (Å²) in [6, 6.07) is 23.7. The van der Waals surface area contributed by atoms with Gasteiger partial charge in [0, 0.05) is 44.2 Å². The fourth-order valence-corrected chi connectivity index (χ4v) is 5.86. The molecular weight excluding hydrogens is 582 g/mol. The number of aromatic nitrogens is 4. The average molecular weight is 618 g/mol.